The van der Waals surface area contributed by atoms with Gasteiger partial charge in [-0.2, -0.15) is 0 Å². The maximum absolute atomic E-state index is 11.1. The van der Waals surface area contributed by atoms with E-state index in [4.69, 9.17) is 4.74 Å². The minimum atomic E-state index is -0.00144. The second-order valence-corrected chi connectivity index (χ2v) is 3.62. The largest absolute Gasteiger partial charge is 0.466 e. The fourth-order valence-corrected chi connectivity index (χ4v) is 1.83. The predicted octanol–water partition coefficient (Wildman–Crippen LogP) is 1.97. The molecule has 2 nitrogen and oxygen atoms in total. The lowest BCUT2D eigenvalue weighted by molar-refractivity contribution is -0.145. The average molecular weight is 221 g/mol. The van der Waals surface area contributed by atoms with Crippen LogP contribution in [-0.2, 0) is 9.53 Å². The summed E-state index contributed by atoms with van der Waals surface area (Å²) in [4.78, 5) is 11.1. The van der Waals surface area contributed by atoms with Crippen LogP contribution < -0.4 is 0 Å². The maximum atomic E-state index is 11.1. The van der Waals surface area contributed by atoms with Crippen LogP contribution in [0.4, 0.5) is 0 Å². The molecule has 0 N–H and O–H groups in total. The normalized spacial score (nSPS) is 28.2. The van der Waals surface area contributed by atoms with Gasteiger partial charge < -0.3 is 4.74 Å². The van der Waals surface area contributed by atoms with Gasteiger partial charge in [-0.15, -0.1) is 0 Å². The summed E-state index contributed by atoms with van der Waals surface area (Å²) >= 11 is 3.35. The fourth-order valence-electron chi connectivity index (χ4n) is 1.24. The van der Waals surface area contributed by atoms with Crippen molar-refractivity contribution in [1.29, 1.82) is 0 Å². The number of halogens is 1. The highest BCUT2D eigenvalue weighted by Crippen LogP contribution is 2.42. The Morgan fingerprint density at radius 1 is 1.73 bits per heavy atom. The molecule has 0 saturated heterocycles. The number of alkyl halides is 1. The lowest BCUT2D eigenvalue weighted by Crippen LogP contribution is -2.07. The summed E-state index contributed by atoms with van der Waals surface area (Å²) < 4.78 is 4.89. The molecule has 0 aliphatic heterocycles. The highest BCUT2D eigenvalue weighted by Gasteiger charge is 2.43. The topological polar surface area (TPSA) is 26.3 Å². The summed E-state index contributed by atoms with van der Waals surface area (Å²) in [6.45, 7) is 2.36. The summed E-state index contributed by atoms with van der Waals surface area (Å²) in [5, 5.41) is 0.994. The van der Waals surface area contributed by atoms with E-state index >= 15 is 0 Å². The van der Waals surface area contributed by atoms with Gasteiger partial charge in [0.25, 0.3) is 0 Å². The van der Waals surface area contributed by atoms with Crippen molar-refractivity contribution in [3.8, 4) is 0 Å². The second kappa shape index (κ2) is 4.10. The molecule has 1 rings (SSSR count). The van der Waals surface area contributed by atoms with E-state index in [1.54, 1.807) is 0 Å². The molecule has 11 heavy (non-hydrogen) atoms. The molecule has 64 valence electrons. The van der Waals surface area contributed by atoms with Crippen LogP contribution in [0.5, 0.6) is 0 Å². The van der Waals surface area contributed by atoms with E-state index in [-0.39, 0.29) is 11.9 Å². The number of esters is 1. The molecule has 1 saturated carbocycles. The first kappa shape index (κ1) is 9.04. The van der Waals surface area contributed by atoms with E-state index < -0.39 is 0 Å². The zero-order valence-corrected chi connectivity index (χ0v) is 8.26. The van der Waals surface area contributed by atoms with Crippen LogP contribution in [0.25, 0.3) is 0 Å². The highest BCUT2D eigenvalue weighted by atomic mass is 79.9. The van der Waals surface area contributed by atoms with Crippen molar-refractivity contribution < 1.29 is 9.53 Å². The van der Waals surface area contributed by atoms with Gasteiger partial charge in [0.1, 0.15) is 0 Å². The van der Waals surface area contributed by atoms with Crippen LogP contribution in [0.15, 0.2) is 0 Å². The van der Waals surface area contributed by atoms with E-state index in [1.165, 1.54) is 0 Å². The Bertz CT molecular complexity index is 147. The van der Waals surface area contributed by atoms with Crippen LogP contribution in [0, 0.1) is 11.8 Å². The third-order valence-electron chi connectivity index (χ3n) is 1.99. The molecule has 1 aliphatic carbocycles. The first-order valence-corrected chi connectivity index (χ1v) is 5.14. The summed E-state index contributed by atoms with van der Waals surface area (Å²) in [5.74, 6) is 0.805. The van der Waals surface area contributed by atoms with E-state index in [1.807, 2.05) is 6.92 Å². The van der Waals surface area contributed by atoms with E-state index in [0.29, 0.717) is 12.5 Å². The Hall–Kier alpha value is -0.0500. The number of hydrogen-bond donors (Lipinski definition) is 0. The molecule has 0 amide bonds. The summed E-state index contributed by atoms with van der Waals surface area (Å²) in [6, 6.07) is 0. The number of hydrogen-bond acceptors (Lipinski definition) is 2. The molecule has 1 fully saturated rings. The summed E-state index contributed by atoms with van der Waals surface area (Å²) in [7, 11) is 0. The molecular weight excluding hydrogens is 208 g/mol. The molecule has 0 radical (unpaired) electrons. The Labute approximate surface area is 75.4 Å². The number of carbonyl (C=O) groups excluding carboxylic acids is 1. The standard InChI is InChI=1S/C8H13BrO2/c1-2-11-8(10)7-5-6(7)3-4-9/h6-7H,2-5H2,1H3/t6-,7-/m0/s1. The Morgan fingerprint density at radius 3 is 3.00 bits per heavy atom. The Balaban J connectivity index is 2.15. The predicted molar refractivity (Wildman–Crippen MR) is 46.6 cm³/mol. The van der Waals surface area contributed by atoms with E-state index in [2.05, 4.69) is 15.9 Å². The molecule has 0 unspecified atom stereocenters. The zero-order chi connectivity index (χ0) is 8.27. The van der Waals surface area contributed by atoms with Gasteiger partial charge in [-0.05, 0) is 25.7 Å². The zero-order valence-electron chi connectivity index (χ0n) is 6.68. The number of rotatable bonds is 4. The molecule has 0 aromatic carbocycles. The lowest BCUT2D eigenvalue weighted by Gasteiger charge is -1.98. The van der Waals surface area contributed by atoms with Gasteiger partial charge >= 0.3 is 5.97 Å². The first-order chi connectivity index (χ1) is 5.29. The SMILES string of the molecule is CCOC(=O)[C@H]1C[C@@H]1CCBr. The van der Waals surface area contributed by atoms with Crippen molar-refractivity contribution in [2.75, 3.05) is 11.9 Å². The quantitative estimate of drug-likeness (QED) is 0.535. The highest BCUT2D eigenvalue weighted by molar-refractivity contribution is 9.09. The van der Waals surface area contributed by atoms with Crippen molar-refractivity contribution in [2.45, 2.75) is 19.8 Å². The van der Waals surface area contributed by atoms with Gasteiger partial charge in [-0.1, -0.05) is 15.9 Å². The van der Waals surface area contributed by atoms with E-state index in [9.17, 15) is 4.79 Å². The molecule has 0 aromatic heterocycles. The molecule has 3 heteroatoms. The summed E-state index contributed by atoms with van der Waals surface area (Å²) in [5.41, 5.74) is 0. The minimum Gasteiger partial charge on any atom is -0.466 e. The van der Waals surface area contributed by atoms with Crippen molar-refractivity contribution in [2.24, 2.45) is 11.8 Å². The molecular formula is C8H13BrO2. The lowest BCUT2D eigenvalue weighted by atomic mass is 10.2. The van der Waals surface area contributed by atoms with Crippen molar-refractivity contribution >= 4 is 21.9 Å². The smallest absolute Gasteiger partial charge is 0.309 e. The third-order valence-corrected chi connectivity index (χ3v) is 2.45. The Kier molecular flexibility index (Phi) is 3.37. The van der Waals surface area contributed by atoms with E-state index in [0.717, 1.165) is 18.2 Å². The van der Waals surface area contributed by atoms with Gasteiger partial charge in [0.15, 0.2) is 0 Å². The molecule has 0 heterocycles. The van der Waals surface area contributed by atoms with Crippen LogP contribution in [0.3, 0.4) is 0 Å². The molecule has 2 atom stereocenters. The van der Waals surface area contributed by atoms with Gasteiger partial charge in [-0.25, -0.2) is 0 Å². The number of carbonyl (C=O) groups is 1. The molecule has 0 spiro atoms. The second-order valence-electron chi connectivity index (χ2n) is 2.83. The molecule has 0 bridgehead atoms. The third kappa shape index (κ3) is 2.47. The number of ether oxygens (including phenoxy) is 1. The van der Waals surface area contributed by atoms with Crippen LogP contribution >= 0.6 is 15.9 Å². The summed E-state index contributed by atoms with van der Waals surface area (Å²) in [6.07, 6.45) is 2.13. The van der Waals surface area contributed by atoms with Crippen LogP contribution in [0.1, 0.15) is 19.8 Å². The van der Waals surface area contributed by atoms with Gasteiger partial charge in [0.2, 0.25) is 0 Å². The van der Waals surface area contributed by atoms with Gasteiger partial charge in [0, 0.05) is 5.33 Å². The maximum Gasteiger partial charge on any atom is 0.309 e. The average Bonchev–Trinajstić information content (AvgIpc) is 2.69. The molecule has 1 aliphatic rings. The monoisotopic (exact) mass is 220 g/mol. The van der Waals surface area contributed by atoms with Crippen molar-refractivity contribution in [1.82, 2.24) is 0 Å². The minimum absolute atomic E-state index is 0.00144. The fraction of sp³-hybridized carbons (Fsp3) is 0.875. The van der Waals surface area contributed by atoms with Crippen LogP contribution in [0.2, 0.25) is 0 Å². The van der Waals surface area contributed by atoms with Crippen LogP contribution in [-0.4, -0.2) is 17.9 Å². The Morgan fingerprint density at radius 2 is 2.45 bits per heavy atom. The first-order valence-electron chi connectivity index (χ1n) is 4.02. The van der Waals surface area contributed by atoms with Crippen molar-refractivity contribution in [3.63, 3.8) is 0 Å². The van der Waals surface area contributed by atoms with Gasteiger partial charge in [0.05, 0.1) is 12.5 Å². The molecule has 0 aromatic rings. The van der Waals surface area contributed by atoms with Crippen molar-refractivity contribution in [3.05, 3.63) is 0 Å². The van der Waals surface area contributed by atoms with Gasteiger partial charge in [-0.3, -0.25) is 4.79 Å².